The Bertz CT molecular complexity index is 312. The summed E-state index contributed by atoms with van der Waals surface area (Å²) < 4.78 is 1.11. The van der Waals surface area contributed by atoms with Crippen LogP contribution in [0.3, 0.4) is 0 Å². The van der Waals surface area contributed by atoms with E-state index < -0.39 is 0 Å². The summed E-state index contributed by atoms with van der Waals surface area (Å²) in [6.45, 7) is 6.62. The van der Waals surface area contributed by atoms with Crippen LogP contribution >= 0.6 is 15.9 Å². The van der Waals surface area contributed by atoms with E-state index in [9.17, 15) is 0 Å². The number of rotatable bonds is 5. The fourth-order valence-electron chi connectivity index (χ4n) is 2.13. The molecule has 0 saturated heterocycles. The van der Waals surface area contributed by atoms with E-state index in [-0.39, 0.29) is 5.54 Å². The van der Waals surface area contributed by atoms with E-state index in [1.165, 1.54) is 18.4 Å². The number of hydrogen-bond donors (Lipinski definition) is 1. The molecule has 0 aromatic heterocycles. The molecule has 0 heterocycles. The molecular formula is C14H22BrN. The third kappa shape index (κ3) is 3.60. The molecule has 0 radical (unpaired) electrons. The minimum Gasteiger partial charge on any atom is -0.322 e. The minimum absolute atomic E-state index is 0.211. The van der Waals surface area contributed by atoms with E-state index in [1.54, 1.807) is 0 Å². The summed E-state index contributed by atoms with van der Waals surface area (Å²) >= 11 is 3.45. The Hall–Kier alpha value is -0.340. The Balaban J connectivity index is 2.80. The molecule has 0 aliphatic rings. The van der Waals surface area contributed by atoms with Gasteiger partial charge in [0.15, 0.2) is 0 Å². The van der Waals surface area contributed by atoms with E-state index in [0.29, 0.717) is 0 Å². The smallest absolute Gasteiger partial charge is 0.0383 e. The SMILES string of the molecule is CCC(CC)CC(C)(N)c1ccc(Br)cc1. The minimum atomic E-state index is -0.211. The molecule has 2 heteroatoms. The molecule has 2 N–H and O–H groups in total. The summed E-state index contributed by atoms with van der Waals surface area (Å²) in [7, 11) is 0. The van der Waals surface area contributed by atoms with Crippen LogP contribution in [0.15, 0.2) is 28.7 Å². The molecule has 0 aliphatic carbocycles. The van der Waals surface area contributed by atoms with Crippen LogP contribution in [0.1, 0.15) is 45.6 Å². The first kappa shape index (κ1) is 13.7. The summed E-state index contributed by atoms with van der Waals surface area (Å²) in [5.74, 6) is 0.721. The summed E-state index contributed by atoms with van der Waals surface area (Å²) in [5.41, 5.74) is 7.44. The molecule has 90 valence electrons. The van der Waals surface area contributed by atoms with Crippen LogP contribution < -0.4 is 5.73 Å². The van der Waals surface area contributed by atoms with Crippen LogP contribution in [0, 0.1) is 5.92 Å². The molecule has 0 amide bonds. The van der Waals surface area contributed by atoms with Gasteiger partial charge in [-0.2, -0.15) is 0 Å². The summed E-state index contributed by atoms with van der Waals surface area (Å²) in [4.78, 5) is 0. The van der Waals surface area contributed by atoms with Crippen molar-refractivity contribution in [1.82, 2.24) is 0 Å². The molecule has 1 atom stereocenters. The molecule has 1 aromatic rings. The Morgan fingerprint density at radius 3 is 2.12 bits per heavy atom. The van der Waals surface area contributed by atoms with E-state index in [4.69, 9.17) is 5.73 Å². The van der Waals surface area contributed by atoms with E-state index >= 15 is 0 Å². The molecule has 0 fully saturated rings. The second-order valence-corrected chi connectivity index (χ2v) is 5.73. The van der Waals surface area contributed by atoms with Gasteiger partial charge in [0.1, 0.15) is 0 Å². The van der Waals surface area contributed by atoms with Crippen molar-refractivity contribution < 1.29 is 0 Å². The normalized spacial score (nSPS) is 15.1. The van der Waals surface area contributed by atoms with Crippen LogP contribution in [-0.4, -0.2) is 0 Å². The third-order valence-electron chi connectivity index (χ3n) is 3.37. The predicted molar refractivity (Wildman–Crippen MR) is 74.4 cm³/mol. The molecular weight excluding hydrogens is 262 g/mol. The van der Waals surface area contributed by atoms with Crippen LogP contribution in [0.4, 0.5) is 0 Å². The molecule has 1 nitrogen and oxygen atoms in total. The number of nitrogens with two attached hydrogens (primary N) is 1. The Labute approximate surface area is 108 Å². The van der Waals surface area contributed by atoms with Crippen LogP contribution in [0.25, 0.3) is 0 Å². The molecule has 1 aromatic carbocycles. The van der Waals surface area contributed by atoms with E-state index in [2.05, 4.69) is 61.0 Å². The summed E-state index contributed by atoms with van der Waals surface area (Å²) in [5, 5.41) is 0. The van der Waals surface area contributed by atoms with Crippen LogP contribution in [-0.2, 0) is 5.54 Å². The lowest BCUT2D eigenvalue weighted by atomic mass is 9.82. The van der Waals surface area contributed by atoms with E-state index in [0.717, 1.165) is 16.8 Å². The summed E-state index contributed by atoms with van der Waals surface area (Å²) in [6, 6.07) is 8.36. The van der Waals surface area contributed by atoms with Crippen molar-refractivity contribution in [3.05, 3.63) is 34.3 Å². The number of benzene rings is 1. The highest BCUT2D eigenvalue weighted by Crippen LogP contribution is 2.29. The molecule has 0 spiro atoms. The Kier molecular flexibility index (Phi) is 5.00. The van der Waals surface area contributed by atoms with Crippen LogP contribution in [0.5, 0.6) is 0 Å². The number of hydrogen-bond acceptors (Lipinski definition) is 1. The molecule has 0 saturated carbocycles. The van der Waals surface area contributed by atoms with Gasteiger partial charge in [-0.1, -0.05) is 54.8 Å². The van der Waals surface area contributed by atoms with Gasteiger partial charge in [0, 0.05) is 10.0 Å². The van der Waals surface area contributed by atoms with E-state index in [1.807, 2.05) is 0 Å². The molecule has 1 rings (SSSR count). The highest BCUT2D eigenvalue weighted by Gasteiger charge is 2.24. The highest BCUT2D eigenvalue weighted by molar-refractivity contribution is 9.10. The van der Waals surface area contributed by atoms with Gasteiger partial charge in [0.2, 0.25) is 0 Å². The van der Waals surface area contributed by atoms with Gasteiger partial charge >= 0.3 is 0 Å². The van der Waals surface area contributed by atoms with Crippen molar-refractivity contribution in [2.24, 2.45) is 11.7 Å². The van der Waals surface area contributed by atoms with Gasteiger partial charge in [-0.3, -0.25) is 0 Å². The monoisotopic (exact) mass is 283 g/mol. The van der Waals surface area contributed by atoms with Gasteiger partial charge in [-0.05, 0) is 37.0 Å². The molecule has 16 heavy (non-hydrogen) atoms. The lowest BCUT2D eigenvalue weighted by Gasteiger charge is -2.29. The van der Waals surface area contributed by atoms with Gasteiger partial charge in [0.25, 0.3) is 0 Å². The fourth-order valence-corrected chi connectivity index (χ4v) is 2.39. The first-order valence-electron chi connectivity index (χ1n) is 6.04. The second kappa shape index (κ2) is 5.83. The predicted octanol–water partition coefficient (Wildman–Crippen LogP) is 4.45. The maximum absolute atomic E-state index is 6.42. The fraction of sp³-hybridized carbons (Fsp3) is 0.571. The standard InChI is InChI=1S/C14H22BrN/c1-4-11(5-2)10-14(3,16)12-6-8-13(15)9-7-12/h6-9,11H,4-5,10,16H2,1-3H3. The highest BCUT2D eigenvalue weighted by atomic mass is 79.9. The maximum atomic E-state index is 6.42. The van der Waals surface area contributed by atoms with Crippen molar-refractivity contribution in [3.8, 4) is 0 Å². The topological polar surface area (TPSA) is 26.0 Å². The van der Waals surface area contributed by atoms with Crippen molar-refractivity contribution in [3.63, 3.8) is 0 Å². The Morgan fingerprint density at radius 1 is 1.19 bits per heavy atom. The number of halogens is 1. The summed E-state index contributed by atoms with van der Waals surface area (Å²) in [6.07, 6.45) is 3.47. The van der Waals surface area contributed by atoms with Gasteiger partial charge < -0.3 is 5.73 Å². The average molecular weight is 284 g/mol. The van der Waals surface area contributed by atoms with Crippen LogP contribution in [0.2, 0.25) is 0 Å². The zero-order chi connectivity index (χ0) is 12.2. The molecule has 0 aliphatic heterocycles. The van der Waals surface area contributed by atoms with Crippen molar-refractivity contribution >= 4 is 15.9 Å². The zero-order valence-corrected chi connectivity index (χ0v) is 12.0. The Morgan fingerprint density at radius 2 is 1.69 bits per heavy atom. The van der Waals surface area contributed by atoms with Crippen molar-refractivity contribution in [1.29, 1.82) is 0 Å². The largest absolute Gasteiger partial charge is 0.322 e. The second-order valence-electron chi connectivity index (χ2n) is 4.81. The molecule has 1 unspecified atom stereocenters. The first-order valence-corrected chi connectivity index (χ1v) is 6.83. The van der Waals surface area contributed by atoms with Gasteiger partial charge in [-0.15, -0.1) is 0 Å². The van der Waals surface area contributed by atoms with Crippen molar-refractivity contribution in [2.75, 3.05) is 0 Å². The third-order valence-corrected chi connectivity index (χ3v) is 3.90. The van der Waals surface area contributed by atoms with Crippen molar-refractivity contribution in [2.45, 2.75) is 45.6 Å². The lowest BCUT2D eigenvalue weighted by Crippen LogP contribution is -2.35. The maximum Gasteiger partial charge on any atom is 0.0383 e. The quantitative estimate of drug-likeness (QED) is 0.849. The average Bonchev–Trinajstić information content (AvgIpc) is 2.26. The van der Waals surface area contributed by atoms with Gasteiger partial charge in [0.05, 0.1) is 0 Å². The molecule has 0 bridgehead atoms. The van der Waals surface area contributed by atoms with Gasteiger partial charge in [-0.25, -0.2) is 0 Å². The lowest BCUT2D eigenvalue weighted by molar-refractivity contribution is 0.329. The zero-order valence-electron chi connectivity index (χ0n) is 10.5. The first-order chi connectivity index (χ1) is 7.49.